The van der Waals surface area contributed by atoms with Crippen LogP contribution in [0.15, 0.2) is 32.7 Å². The number of amides is 1. The van der Waals surface area contributed by atoms with Crippen LogP contribution in [0.2, 0.25) is 0 Å². The third-order valence-electron chi connectivity index (χ3n) is 2.14. The van der Waals surface area contributed by atoms with Crippen LogP contribution in [0.25, 0.3) is 0 Å². The molecule has 0 saturated heterocycles. The Morgan fingerprint density at radius 1 is 1.53 bits per heavy atom. The second-order valence-corrected chi connectivity index (χ2v) is 3.29. The highest BCUT2D eigenvalue weighted by Crippen LogP contribution is 1.97. The standard InChI is InChI=1S/C10H10N4O3/c1-6-8(12-14-9(6)15)10(16)13-11-5-7-3-2-4-17-7/h2-5H,1H3,(H,13,16)(H2,12,14,15)/b11-5+. The van der Waals surface area contributed by atoms with Gasteiger partial charge in [0.2, 0.25) is 0 Å². The summed E-state index contributed by atoms with van der Waals surface area (Å²) in [5.74, 6) is 0.0215. The summed E-state index contributed by atoms with van der Waals surface area (Å²) in [4.78, 5) is 22.6. The molecule has 1 amide bonds. The van der Waals surface area contributed by atoms with Crippen LogP contribution in [-0.2, 0) is 0 Å². The molecular formula is C10H10N4O3. The third kappa shape index (κ3) is 2.33. The minimum Gasteiger partial charge on any atom is -0.463 e. The molecule has 0 bridgehead atoms. The van der Waals surface area contributed by atoms with Crippen molar-refractivity contribution in [2.75, 3.05) is 0 Å². The van der Waals surface area contributed by atoms with Crippen LogP contribution in [0.1, 0.15) is 21.8 Å². The van der Waals surface area contributed by atoms with Crippen molar-refractivity contribution in [1.82, 2.24) is 15.6 Å². The summed E-state index contributed by atoms with van der Waals surface area (Å²) in [6.07, 6.45) is 2.86. The molecule has 7 nitrogen and oxygen atoms in total. The highest BCUT2D eigenvalue weighted by atomic mass is 16.3. The molecule has 0 atom stereocenters. The molecule has 88 valence electrons. The van der Waals surface area contributed by atoms with Crippen LogP contribution in [0.4, 0.5) is 0 Å². The number of furan rings is 1. The second kappa shape index (κ2) is 4.52. The number of hydrogen-bond acceptors (Lipinski definition) is 4. The van der Waals surface area contributed by atoms with Crippen LogP contribution in [0.5, 0.6) is 0 Å². The first-order valence-electron chi connectivity index (χ1n) is 4.82. The van der Waals surface area contributed by atoms with E-state index in [0.717, 1.165) is 0 Å². The van der Waals surface area contributed by atoms with Gasteiger partial charge in [0.25, 0.3) is 11.5 Å². The zero-order chi connectivity index (χ0) is 12.3. The van der Waals surface area contributed by atoms with E-state index < -0.39 is 5.91 Å². The van der Waals surface area contributed by atoms with E-state index in [4.69, 9.17) is 4.42 Å². The molecule has 0 spiro atoms. The van der Waals surface area contributed by atoms with Crippen molar-refractivity contribution in [3.8, 4) is 0 Å². The Hall–Kier alpha value is -2.57. The fourth-order valence-electron chi connectivity index (χ4n) is 1.22. The maximum absolute atomic E-state index is 11.6. The van der Waals surface area contributed by atoms with Gasteiger partial charge in [-0.25, -0.2) is 5.43 Å². The molecule has 0 radical (unpaired) electrons. The Bertz CT molecular complexity index is 591. The maximum Gasteiger partial charge on any atom is 0.289 e. The topological polar surface area (TPSA) is 103 Å². The first kappa shape index (κ1) is 10.9. The van der Waals surface area contributed by atoms with E-state index in [1.54, 1.807) is 19.1 Å². The van der Waals surface area contributed by atoms with Gasteiger partial charge in [0.15, 0.2) is 0 Å². The summed E-state index contributed by atoms with van der Waals surface area (Å²) in [5.41, 5.74) is 2.42. The summed E-state index contributed by atoms with van der Waals surface area (Å²) in [5, 5.41) is 8.47. The summed E-state index contributed by atoms with van der Waals surface area (Å²) in [6, 6.07) is 3.40. The average Bonchev–Trinajstić information content (AvgIpc) is 2.91. The normalized spacial score (nSPS) is 10.9. The molecule has 0 fully saturated rings. The van der Waals surface area contributed by atoms with Gasteiger partial charge in [-0.05, 0) is 19.1 Å². The molecule has 2 aromatic heterocycles. The number of aromatic nitrogens is 2. The van der Waals surface area contributed by atoms with Gasteiger partial charge >= 0.3 is 0 Å². The molecule has 2 heterocycles. The predicted molar refractivity (Wildman–Crippen MR) is 59.9 cm³/mol. The van der Waals surface area contributed by atoms with E-state index in [9.17, 15) is 9.59 Å². The molecular weight excluding hydrogens is 224 g/mol. The number of nitrogens with one attached hydrogen (secondary N) is 3. The van der Waals surface area contributed by atoms with E-state index in [0.29, 0.717) is 11.3 Å². The molecule has 17 heavy (non-hydrogen) atoms. The van der Waals surface area contributed by atoms with Gasteiger partial charge in [0, 0.05) is 5.56 Å². The predicted octanol–water partition coefficient (Wildman–Crippen LogP) is 0.368. The highest BCUT2D eigenvalue weighted by Gasteiger charge is 2.12. The number of carbonyl (C=O) groups excluding carboxylic acids is 1. The van der Waals surface area contributed by atoms with Gasteiger partial charge < -0.3 is 4.42 Å². The summed E-state index contributed by atoms with van der Waals surface area (Å²) in [6.45, 7) is 1.54. The first-order valence-corrected chi connectivity index (χ1v) is 4.82. The molecule has 3 N–H and O–H groups in total. The monoisotopic (exact) mass is 234 g/mol. The molecule has 0 aliphatic heterocycles. The number of nitrogens with zero attached hydrogens (tertiary/aromatic N) is 1. The number of hydrazone groups is 1. The maximum atomic E-state index is 11.6. The largest absolute Gasteiger partial charge is 0.463 e. The Morgan fingerprint density at radius 2 is 2.35 bits per heavy atom. The lowest BCUT2D eigenvalue weighted by atomic mass is 10.3. The molecule has 0 aliphatic rings. The smallest absolute Gasteiger partial charge is 0.289 e. The van der Waals surface area contributed by atoms with Gasteiger partial charge in [0.05, 0.1) is 12.5 Å². The summed E-state index contributed by atoms with van der Waals surface area (Å²) < 4.78 is 4.98. The van der Waals surface area contributed by atoms with E-state index in [1.807, 2.05) is 0 Å². The summed E-state index contributed by atoms with van der Waals surface area (Å²) in [7, 11) is 0. The molecule has 0 aliphatic carbocycles. The van der Waals surface area contributed by atoms with Crippen molar-refractivity contribution < 1.29 is 9.21 Å². The zero-order valence-electron chi connectivity index (χ0n) is 8.98. The lowest BCUT2D eigenvalue weighted by Gasteiger charge is -1.96. The molecule has 7 heteroatoms. The van der Waals surface area contributed by atoms with Crippen LogP contribution < -0.4 is 11.0 Å². The highest BCUT2D eigenvalue weighted by molar-refractivity contribution is 5.94. The molecule has 2 aromatic rings. The van der Waals surface area contributed by atoms with E-state index in [2.05, 4.69) is 20.7 Å². The van der Waals surface area contributed by atoms with Crippen molar-refractivity contribution in [3.63, 3.8) is 0 Å². The Balaban J connectivity index is 2.03. The SMILES string of the molecule is Cc1c(C(=O)N/N=C/c2ccco2)[nH][nH]c1=O. The van der Waals surface area contributed by atoms with Crippen LogP contribution in [-0.4, -0.2) is 22.3 Å². The fraction of sp³-hybridized carbons (Fsp3) is 0.100. The quantitative estimate of drug-likeness (QED) is 0.528. The van der Waals surface area contributed by atoms with Crippen molar-refractivity contribution in [1.29, 1.82) is 0 Å². The van der Waals surface area contributed by atoms with E-state index >= 15 is 0 Å². The Kier molecular flexibility index (Phi) is 2.91. The first-order chi connectivity index (χ1) is 8.18. The van der Waals surface area contributed by atoms with E-state index in [-0.39, 0.29) is 11.3 Å². The lowest BCUT2D eigenvalue weighted by molar-refractivity contribution is 0.0949. The number of aromatic amines is 2. The summed E-state index contributed by atoms with van der Waals surface area (Å²) >= 11 is 0. The van der Waals surface area contributed by atoms with Gasteiger partial charge in [-0.1, -0.05) is 0 Å². The van der Waals surface area contributed by atoms with Gasteiger partial charge in [-0.3, -0.25) is 19.8 Å². The van der Waals surface area contributed by atoms with Crippen LogP contribution in [0, 0.1) is 6.92 Å². The minimum absolute atomic E-state index is 0.159. The average molecular weight is 234 g/mol. The number of H-pyrrole nitrogens is 2. The van der Waals surface area contributed by atoms with Crippen molar-refractivity contribution >= 4 is 12.1 Å². The minimum atomic E-state index is -0.497. The van der Waals surface area contributed by atoms with Crippen molar-refractivity contribution in [2.45, 2.75) is 6.92 Å². The number of hydrogen-bond donors (Lipinski definition) is 3. The van der Waals surface area contributed by atoms with Crippen molar-refractivity contribution in [3.05, 3.63) is 45.8 Å². The Labute approximate surface area is 95.5 Å². The van der Waals surface area contributed by atoms with E-state index in [1.165, 1.54) is 12.5 Å². The lowest BCUT2D eigenvalue weighted by Crippen LogP contribution is -2.19. The number of carbonyl (C=O) groups is 1. The molecule has 0 saturated carbocycles. The second-order valence-electron chi connectivity index (χ2n) is 3.29. The third-order valence-corrected chi connectivity index (χ3v) is 2.14. The van der Waals surface area contributed by atoms with Gasteiger partial charge in [-0.2, -0.15) is 5.10 Å². The molecule has 0 unspecified atom stereocenters. The number of rotatable bonds is 3. The van der Waals surface area contributed by atoms with Gasteiger partial charge in [0.1, 0.15) is 11.5 Å². The van der Waals surface area contributed by atoms with Crippen LogP contribution in [0.3, 0.4) is 0 Å². The molecule has 2 rings (SSSR count). The molecule has 0 aromatic carbocycles. The van der Waals surface area contributed by atoms with Crippen molar-refractivity contribution in [2.24, 2.45) is 5.10 Å². The van der Waals surface area contributed by atoms with Gasteiger partial charge in [-0.15, -0.1) is 0 Å². The Morgan fingerprint density at radius 3 is 2.94 bits per heavy atom. The fourth-order valence-corrected chi connectivity index (χ4v) is 1.22. The zero-order valence-corrected chi connectivity index (χ0v) is 8.98. The van der Waals surface area contributed by atoms with Crippen LogP contribution >= 0.6 is 0 Å².